The quantitative estimate of drug-likeness (QED) is 0.442. The Labute approximate surface area is 173 Å². The van der Waals surface area contributed by atoms with Crippen LogP contribution in [0, 0.1) is 21.7 Å². The Kier molecular flexibility index (Phi) is 5.70. The van der Waals surface area contributed by atoms with E-state index in [0.29, 0.717) is 0 Å². The number of aryl methyl sites for hydroxylation is 1. The minimum Gasteiger partial charge on any atom is -0.497 e. The molecule has 0 fully saturated rings. The molecule has 3 rings (SSSR count). The van der Waals surface area contributed by atoms with E-state index in [0.717, 1.165) is 22.9 Å². The van der Waals surface area contributed by atoms with Crippen molar-refractivity contribution in [2.45, 2.75) is 0 Å². The lowest BCUT2D eigenvalue weighted by Crippen LogP contribution is -2.22. The van der Waals surface area contributed by atoms with Gasteiger partial charge in [-0.15, -0.1) is 0 Å². The Morgan fingerprint density at radius 3 is 2.30 bits per heavy atom. The zero-order chi connectivity index (χ0) is 22.2. The molecule has 1 aromatic heterocycles. The van der Waals surface area contributed by atoms with Crippen molar-refractivity contribution < 1.29 is 23.2 Å². The van der Waals surface area contributed by atoms with Crippen molar-refractivity contribution in [3.8, 4) is 33.9 Å². The van der Waals surface area contributed by atoms with Crippen LogP contribution in [0.1, 0.15) is 0 Å². The van der Waals surface area contributed by atoms with Gasteiger partial charge in [0.15, 0.2) is 0 Å². The van der Waals surface area contributed by atoms with Crippen molar-refractivity contribution in [1.29, 1.82) is 0 Å². The fraction of sp³-hybridized carbons (Fsp3) is 0.158. The predicted molar refractivity (Wildman–Crippen MR) is 105 cm³/mol. The van der Waals surface area contributed by atoms with E-state index >= 15 is 0 Å². The lowest BCUT2D eigenvalue weighted by atomic mass is 9.97. The second-order valence-corrected chi connectivity index (χ2v) is 6.42. The number of hydrogen-bond acceptors (Lipinski definition) is 6. The standard InChI is InChI=1S/C19H14ClF2N3O5/c1-24-19(26)16(20)15(14-11(21)5-4-6-12(14)22)17(23-24)10-7-9(29-2)8-13(30-3)18(10)25(27)28/h4-8H,1-3H3. The third kappa shape index (κ3) is 3.45. The summed E-state index contributed by atoms with van der Waals surface area (Å²) >= 11 is 6.17. The molecule has 0 aliphatic carbocycles. The summed E-state index contributed by atoms with van der Waals surface area (Å²) in [6.45, 7) is 0. The number of rotatable bonds is 5. The number of aromatic nitrogens is 2. The lowest BCUT2D eigenvalue weighted by Gasteiger charge is -2.15. The van der Waals surface area contributed by atoms with Crippen LogP contribution < -0.4 is 15.0 Å². The van der Waals surface area contributed by atoms with Gasteiger partial charge >= 0.3 is 5.69 Å². The van der Waals surface area contributed by atoms with Crippen LogP contribution in [0.5, 0.6) is 11.5 Å². The van der Waals surface area contributed by atoms with Crippen LogP contribution in [0.2, 0.25) is 5.02 Å². The number of nitro benzene ring substituents is 1. The maximum absolute atomic E-state index is 14.6. The Morgan fingerprint density at radius 2 is 1.77 bits per heavy atom. The van der Waals surface area contributed by atoms with E-state index in [1.165, 1.54) is 33.4 Å². The number of benzene rings is 2. The molecule has 0 unspecified atom stereocenters. The number of methoxy groups -OCH3 is 2. The zero-order valence-electron chi connectivity index (χ0n) is 15.9. The first-order valence-corrected chi connectivity index (χ1v) is 8.71. The van der Waals surface area contributed by atoms with E-state index in [1.807, 2.05) is 0 Å². The molecule has 0 bridgehead atoms. The SMILES string of the molecule is COc1cc(OC)c([N+](=O)[O-])c(-c2nn(C)c(=O)c(Cl)c2-c2c(F)cccc2F)c1. The van der Waals surface area contributed by atoms with Gasteiger partial charge in [-0.3, -0.25) is 14.9 Å². The van der Waals surface area contributed by atoms with Gasteiger partial charge in [-0.2, -0.15) is 5.10 Å². The number of halogens is 3. The highest BCUT2D eigenvalue weighted by atomic mass is 35.5. The fourth-order valence-electron chi connectivity index (χ4n) is 2.98. The summed E-state index contributed by atoms with van der Waals surface area (Å²) in [5.74, 6) is -2.07. The third-order valence-corrected chi connectivity index (χ3v) is 4.69. The molecule has 0 atom stereocenters. The normalized spacial score (nSPS) is 10.7. The van der Waals surface area contributed by atoms with Gasteiger partial charge in [-0.1, -0.05) is 17.7 Å². The second kappa shape index (κ2) is 8.07. The van der Waals surface area contributed by atoms with E-state index < -0.39 is 44.0 Å². The topological polar surface area (TPSA) is 96.5 Å². The third-order valence-electron chi connectivity index (χ3n) is 4.34. The smallest absolute Gasteiger partial charge is 0.320 e. The molecule has 0 radical (unpaired) electrons. The predicted octanol–water partition coefficient (Wildman–Crippen LogP) is 3.97. The summed E-state index contributed by atoms with van der Waals surface area (Å²) in [6.07, 6.45) is 0. The van der Waals surface area contributed by atoms with Crippen molar-refractivity contribution in [3.05, 3.63) is 67.5 Å². The largest absolute Gasteiger partial charge is 0.497 e. The first-order chi connectivity index (χ1) is 14.2. The summed E-state index contributed by atoms with van der Waals surface area (Å²) in [4.78, 5) is 23.4. The van der Waals surface area contributed by atoms with Gasteiger partial charge in [0.1, 0.15) is 28.1 Å². The molecule has 30 heavy (non-hydrogen) atoms. The molecule has 0 N–H and O–H groups in total. The number of hydrogen-bond donors (Lipinski definition) is 0. The molecule has 0 aliphatic rings. The highest BCUT2D eigenvalue weighted by molar-refractivity contribution is 6.33. The Balaban J connectivity index is 2.56. The molecular formula is C19H14ClF2N3O5. The van der Waals surface area contributed by atoms with E-state index in [4.69, 9.17) is 21.1 Å². The van der Waals surface area contributed by atoms with Gasteiger partial charge in [0.05, 0.1) is 30.3 Å². The van der Waals surface area contributed by atoms with Crippen molar-refractivity contribution in [2.75, 3.05) is 14.2 Å². The number of ether oxygens (including phenoxy) is 2. The maximum Gasteiger partial charge on any atom is 0.320 e. The highest BCUT2D eigenvalue weighted by Crippen LogP contribution is 2.45. The van der Waals surface area contributed by atoms with Crippen LogP contribution in [0.3, 0.4) is 0 Å². The first-order valence-electron chi connectivity index (χ1n) is 8.33. The first kappa shape index (κ1) is 21.2. The van der Waals surface area contributed by atoms with E-state index in [1.54, 1.807) is 0 Å². The zero-order valence-corrected chi connectivity index (χ0v) is 16.7. The molecule has 1 heterocycles. The molecule has 8 nitrogen and oxygen atoms in total. The van der Waals surface area contributed by atoms with Crippen LogP contribution in [-0.2, 0) is 7.05 Å². The number of nitro groups is 1. The van der Waals surface area contributed by atoms with Crippen molar-refractivity contribution >= 4 is 17.3 Å². The molecule has 0 amide bonds. The maximum atomic E-state index is 14.6. The summed E-state index contributed by atoms with van der Waals surface area (Å²) < 4.78 is 40.2. The highest BCUT2D eigenvalue weighted by Gasteiger charge is 2.31. The van der Waals surface area contributed by atoms with Crippen molar-refractivity contribution in [1.82, 2.24) is 9.78 Å². The van der Waals surface area contributed by atoms with E-state index in [9.17, 15) is 23.7 Å². The summed E-state index contributed by atoms with van der Waals surface area (Å²) in [6, 6.07) is 5.58. The van der Waals surface area contributed by atoms with E-state index in [2.05, 4.69) is 5.10 Å². The molecular weight excluding hydrogens is 424 g/mol. The minimum atomic E-state index is -1.02. The summed E-state index contributed by atoms with van der Waals surface area (Å²) in [7, 11) is 3.79. The van der Waals surface area contributed by atoms with Gasteiger partial charge in [0, 0.05) is 18.7 Å². The molecule has 0 aliphatic heterocycles. The summed E-state index contributed by atoms with van der Waals surface area (Å²) in [5, 5.41) is 15.3. The average molecular weight is 438 g/mol. The van der Waals surface area contributed by atoms with Crippen molar-refractivity contribution in [2.24, 2.45) is 7.05 Å². The molecule has 3 aromatic rings. The van der Waals surface area contributed by atoms with Crippen molar-refractivity contribution in [3.63, 3.8) is 0 Å². The molecule has 0 saturated carbocycles. The Hall–Kier alpha value is -3.53. The Morgan fingerprint density at radius 1 is 1.13 bits per heavy atom. The van der Waals surface area contributed by atoms with Crippen LogP contribution >= 0.6 is 11.6 Å². The van der Waals surface area contributed by atoms with Crippen LogP contribution in [0.15, 0.2) is 35.1 Å². The average Bonchev–Trinajstić information content (AvgIpc) is 2.71. The van der Waals surface area contributed by atoms with Gasteiger partial charge in [0.2, 0.25) is 5.75 Å². The van der Waals surface area contributed by atoms with Gasteiger partial charge in [-0.25, -0.2) is 13.5 Å². The molecule has 0 saturated heterocycles. The van der Waals surface area contributed by atoms with E-state index in [-0.39, 0.29) is 22.8 Å². The monoisotopic (exact) mass is 437 g/mol. The minimum absolute atomic E-state index is 0.152. The number of nitrogens with zero attached hydrogens (tertiary/aromatic N) is 3. The van der Waals surface area contributed by atoms with Gasteiger partial charge < -0.3 is 9.47 Å². The Bertz CT molecular complexity index is 1210. The van der Waals surface area contributed by atoms with Gasteiger partial charge in [-0.05, 0) is 18.2 Å². The van der Waals surface area contributed by atoms with Gasteiger partial charge in [0.25, 0.3) is 5.56 Å². The summed E-state index contributed by atoms with van der Waals surface area (Å²) in [5.41, 5.74) is -2.94. The van der Waals surface area contributed by atoms with Crippen LogP contribution in [0.4, 0.5) is 14.5 Å². The fourth-order valence-corrected chi connectivity index (χ4v) is 3.28. The molecule has 0 spiro atoms. The molecule has 156 valence electrons. The van der Waals surface area contributed by atoms with Crippen LogP contribution in [0.25, 0.3) is 22.4 Å². The molecule has 2 aromatic carbocycles. The molecule has 11 heteroatoms. The second-order valence-electron chi connectivity index (χ2n) is 6.05. The van der Waals surface area contributed by atoms with Crippen LogP contribution in [-0.4, -0.2) is 28.9 Å². The lowest BCUT2D eigenvalue weighted by molar-refractivity contribution is -0.385.